The number of hydrogen-bond acceptors (Lipinski definition) is 6. The maximum absolute atomic E-state index is 12.5. The first-order valence-corrected chi connectivity index (χ1v) is 10.6. The first-order chi connectivity index (χ1) is 14.2. The van der Waals surface area contributed by atoms with Gasteiger partial charge in [-0.2, -0.15) is 0 Å². The summed E-state index contributed by atoms with van der Waals surface area (Å²) in [5.41, 5.74) is 1.65. The molecule has 1 fully saturated rings. The van der Waals surface area contributed by atoms with Crippen LogP contribution in [0.2, 0.25) is 0 Å². The van der Waals surface area contributed by atoms with E-state index in [2.05, 4.69) is 15.2 Å². The van der Waals surface area contributed by atoms with E-state index in [9.17, 15) is 4.79 Å². The lowest BCUT2D eigenvalue weighted by Crippen LogP contribution is -2.49. The van der Waals surface area contributed by atoms with Crippen molar-refractivity contribution in [2.24, 2.45) is 0 Å². The van der Waals surface area contributed by atoms with Crippen molar-refractivity contribution in [2.75, 3.05) is 38.1 Å². The molecule has 0 bridgehead atoms. The van der Waals surface area contributed by atoms with E-state index in [0.29, 0.717) is 19.7 Å². The topological polar surface area (TPSA) is 70.8 Å². The molecule has 1 N–H and O–H groups in total. The van der Waals surface area contributed by atoms with E-state index in [-0.39, 0.29) is 6.03 Å². The standard InChI is InChI=1S/C21H24N4O3S/c1-2-27-17-7-5-16(6-8-17)22-21(26)25-11-9-24(10-12-25)14-20-23-18(15-29-20)19-4-3-13-28-19/h3-8,13,15H,2,9-12,14H2,1H3,(H,22,26). The Morgan fingerprint density at radius 2 is 2.00 bits per heavy atom. The number of ether oxygens (including phenoxy) is 1. The number of piperazine rings is 1. The number of amides is 2. The quantitative estimate of drug-likeness (QED) is 0.659. The molecule has 7 nitrogen and oxygen atoms in total. The maximum Gasteiger partial charge on any atom is 0.321 e. The van der Waals surface area contributed by atoms with E-state index >= 15 is 0 Å². The van der Waals surface area contributed by atoms with Crippen LogP contribution in [0, 0.1) is 0 Å². The number of furan rings is 1. The van der Waals surface area contributed by atoms with Gasteiger partial charge < -0.3 is 19.4 Å². The predicted octanol–water partition coefficient (Wildman–Crippen LogP) is 4.15. The second-order valence-corrected chi connectivity index (χ2v) is 7.70. The Kier molecular flexibility index (Phi) is 6.12. The van der Waals surface area contributed by atoms with Crippen LogP contribution >= 0.6 is 11.3 Å². The van der Waals surface area contributed by atoms with E-state index < -0.39 is 0 Å². The fourth-order valence-corrected chi connectivity index (χ4v) is 4.05. The lowest BCUT2D eigenvalue weighted by molar-refractivity contribution is 0.143. The van der Waals surface area contributed by atoms with Gasteiger partial charge in [-0.25, -0.2) is 9.78 Å². The monoisotopic (exact) mass is 412 g/mol. The van der Waals surface area contributed by atoms with Crippen molar-refractivity contribution in [3.05, 3.63) is 53.0 Å². The van der Waals surface area contributed by atoms with Crippen molar-refractivity contribution in [2.45, 2.75) is 13.5 Å². The van der Waals surface area contributed by atoms with Crippen LogP contribution in [-0.4, -0.2) is 53.6 Å². The molecule has 3 heterocycles. The van der Waals surface area contributed by atoms with Gasteiger partial charge in [0.25, 0.3) is 0 Å². The van der Waals surface area contributed by atoms with Gasteiger partial charge in [0.15, 0.2) is 5.76 Å². The number of nitrogens with zero attached hydrogens (tertiary/aromatic N) is 3. The van der Waals surface area contributed by atoms with Crippen molar-refractivity contribution < 1.29 is 13.9 Å². The average molecular weight is 413 g/mol. The van der Waals surface area contributed by atoms with Gasteiger partial charge in [-0.3, -0.25) is 4.90 Å². The zero-order valence-electron chi connectivity index (χ0n) is 16.3. The predicted molar refractivity (Wildman–Crippen MR) is 113 cm³/mol. The summed E-state index contributed by atoms with van der Waals surface area (Å²) in [4.78, 5) is 21.4. The minimum absolute atomic E-state index is 0.0665. The number of carbonyl (C=O) groups excluding carboxylic acids is 1. The SMILES string of the molecule is CCOc1ccc(NC(=O)N2CCN(Cc3nc(-c4ccco4)cs3)CC2)cc1. The molecule has 0 unspecified atom stereocenters. The molecule has 1 saturated heterocycles. The molecule has 2 amide bonds. The van der Waals surface area contributed by atoms with Gasteiger partial charge in [-0.05, 0) is 43.3 Å². The Morgan fingerprint density at radius 3 is 2.69 bits per heavy atom. The van der Waals surface area contributed by atoms with Gasteiger partial charge in [0.1, 0.15) is 16.5 Å². The van der Waals surface area contributed by atoms with Crippen molar-refractivity contribution in [1.82, 2.24) is 14.8 Å². The molecule has 8 heteroatoms. The number of rotatable bonds is 6. The van der Waals surface area contributed by atoms with Crippen molar-refractivity contribution in [3.63, 3.8) is 0 Å². The third-order valence-corrected chi connectivity index (χ3v) is 5.59. The van der Waals surface area contributed by atoms with Gasteiger partial charge in [0, 0.05) is 37.2 Å². The van der Waals surface area contributed by atoms with Gasteiger partial charge in [-0.15, -0.1) is 11.3 Å². The molecule has 1 aliphatic rings. The summed E-state index contributed by atoms with van der Waals surface area (Å²) in [6, 6.07) is 11.2. The van der Waals surface area contributed by atoms with Crippen LogP contribution in [0.3, 0.4) is 0 Å². The van der Waals surface area contributed by atoms with Gasteiger partial charge in [-0.1, -0.05) is 0 Å². The number of carbonyl (C=O) groups is 1. The molecule has 1 aliphatic heterocycles. The first-order valence-electron chi connectivity index (χ1n) is 9.70. The van der Waals surface area contributed by atoms with Crippen molar-refractivity contribution in [3.8, 4) is 17.2 Å². The van der Waals surface area contributed by atoms with Gasteiger partial charge in [0.2, 0.25) is 0 Å². The molecule has 2 aromatic heterocycles. The lowest BCUT2D eigenvalue weighted by Gasteiger charge is -2.34. The van der Waals surface area contributed by atoms with Crippen LogP contribution in [0.1, 0.15) is 11.9 Å². The van der Waals surface area contributed by atoms with Crippen molar-refractivity contribution in [1.29, 1.82) is 0 Å². The zero-order chi connectivity index (χ0) is 20.1. The Labute approximate surface area is 173 Å². The summed E-state index contributed by atoms with van der Waals surface area (Å²) in [6.45, 7) is 6.40. The Hall–Kier alpha value is -2.84. The smallest absolute Gasteiger partial charge is 0.321 e. The third-order valence-electron chi connectivity index (χ3n) is 4.76. The molecule has 3 aromatic rings. The van der Waals surface area contributed by atoms with Crippen LogP contribution in [0.5, 0.6) is 5.75 Å². The van der Waals surface area contributed by atoms with Crippen LogP contribution < -0.4 is 10.1 Å². The van der Waals surface area contributed by atoms with E-state index in [4.69, 9.17) is 9.15 Å². The molecular weight excluding hydrogens is 388 g/mol. The largest absolute Gasteiger partial charge is 0.494 e. The maximum atomic E-state index is 12.5. The number of benzene rings is 1. The number of nitrogens with one attached hydrogen (secondary N) is 1. The minimum atomic E-state index is -0.0665. The first kappa shape index (κ1) is 19.5. The van der Waals surface area contributed by atoms with Crippen LogP contribution in [0.25, 0.3) is 11.5 Å². The van der Waals surface area contributed by atoms with E-state index in [0.717, 1.165) is 47.5 Å². The molecular formula is C21H24N4O3S. The van der Waals surface area contributed by atoms with Crippen LogP contribution in [0.15, 0.2) is 52.5 Å². The highest BCUT2D eigenvalue weighted by Gasteiger charge is 2.22. The summed E-state index contributed by atoms with van der Waals surface area (Å²) in [5, 5.41) is 6.04. The highest BCUT2D eigenvalue weighted by molar-refractivity contribution is 7.09. The highest BCUT2D eigenvalue weighted by Crippen LogP contribution is 2.23. The molecule has 0 aliphatic carbocycles. The fraction of sp³-hybridized carbons (Fsp3) is 0.333. The third kappa shape index (κ3) is 4.96. The molecule has 29 heavy (non-hydrogen) atoms. The zero-order valence-corrected chi connectivity index (χ0v) is 17.2. The average Bonchev–Trinajstić information content (AvgIpc) is 3.42. The molecule has 4 rings (SSSR count). The van der Waals surface area contributed by atoms with E-state index in [1.54, 1.807) is 17.6 Å². The normalized spacial score (nSPS) is 14.7. The van der Waals surface area contributed by atoms with Gasteiger partial charge >= 0.3 is 6.03 Å². The van der Waals surface area contributed by atoms with E-state index in [1.807, 2.05) is 53.6 Å². The second kappa shape index (κ2) is 9.11. The van der Waals surface area contributed by atoms with Crippen LogP contribution in [0.4, 0.5) is 10.5 Å². The molecule has 0 radical (unpaired) electrons. The minimum Gasteiger partial charge on any atom is -0.494 e. The summed E-state index contributed by atoms with van der Waals surface area (Å²) in [5.74, 6) is 1.60. The fourth-order valence-electron chi connectivity index (χ4n) is 3.23. The van der Waals surface area contributed by atoms with E-state index in [1.165, 1.54) is 0 Å². The second-order valence-electron chi connectivity index (χ2n) is 6.75. The molecule has 0 saturated carbocycles. The summed E-state index contributed by atoms with van der Waals surface area (Å²) in [6.07, 6.45) is 1.66. The Bertz CT molecular complexity index is 916. The summed E-state index contributed by atoms with van der Waals surface area (Å²) < 4.78 is 10.8. The lowest BCUT2D eigenvalue weighted by atomic mass is 10.3. The van der Waals surface area contributed by atoms with Crippen molar-refractivity contribution >= 4 is 23.1 Å². The Balaban J connectivity index is 1.25. The number of urea groups is 1. The number of thiazole rings is 1. The summed E-state index contributed by atoms with van der Waals surface area (Å²) in [7, 11) is 0. The number of hydrogen-bond donors (Lipinski definition) is 1. The molecule has 0 spiro atoms. The molecule has 0 atom stereocenters. The molecule has 152 valence electrons. The van der Waals surface area contributed by atoms with Gasteiger partial charge in [0.05, 0.1) is 19.4 Å². The summed E-state index contributed by atoms with van der Waals surface area (Å²) >= 11 is 1.64. The molecule has 1 aromatic carbocycles. The Morgan fingerprint density at radius 1 is 1.21 bits per heavy atom. The van der Waals surface area contributed by atoms with Crippen LogP contribution in [-0.2, 0) is 6.54 Å². The number of aromatic nitrogens is 1. The highest BCUT2D eigenvalue weighted by atomic mass is 32.1. The number of anilines is 1.